The van der Waals surface area contributed by atoms with E-state index in [-0.39, 0.29) is 12.6 Å². The van der Waals surface area contributed by atoms with Gasteiger partial charge in [0.2, 0.25) is 5.91 Å². The van der Waals surface area contributed by atoms with Crippen LogP contribution in [0.15, 0.2) is 0 Å². The van der Waals surface area contributed by atoms with E-state index in [2.05, 4.69) is 16.0 Å². The van der Waals surface area contributed by atoms with Crippen molar-refractivity contribution in [3.05, 3.63) is 0 Å². The number of amides is 3. The summed E-state index contributed by atoms with van der Waals surface area (Å²) in [6.07, 6.45) is 5.92. The minimum Gasteiger partial charge on any atom is -0.480 e. The lowest BCUT2D eigenvalue weighted by Crippen LogP contribution is -2.47. The molecule has 1 fully saturated rings. The third-order valence-electron chi connectivity index (χ3n) is 3.56. The van der Waals surface area contributed by atoms with E-state index in [1.807, 2.05) is 6.92 Å². The summed E-state index contributed by atoms with van der Waals surface area (Å²) in [6.45, 7) is 1.30. The summed E-state index contributed by atoms with van der Waals surface area (Å²) < 4.78 is 0. The van der Waals surface area contributed by atoms with E-state index in [0.717, 1.165) is 12.8 Å². The molecule has 20 heavy (non-hydrogen) atoms. The molecule has 1 unspecified atom stereocenters. The molecule has 7 heteroatoms. The molecule has 1 atom stereocenters. The number of nitrogens with one attached hydrogen (secondary N) is 3. The smallest absolute Gasteiger partial charge is 0.322 e. The average Bonchev–Trinajstić information content (AvgIpc) is 2.43. The second-order valence-electron chi connectivity index (χ2n) is 5.18. The van der Waals surface area contributed by atoms with Crippen LogP contribution in [0.4, 0.5) is 4.79 Å². The van der Waals surface area contributed by atoms with Gasteiger partial charge in [-0.3, -0.25) is 9.59 Å². The number of urea groups is 1. The normalized spacial score (nSPS) is 17.1. The Hall–Kier alpha value is -1.79. The quantitative estimate of drug-likeness (QED) is 0.568. The van der Waals surface area contributed by atoms with Gasteiger partial charge >= 0.3 is 12.0 Å². The van der Waals surface area contributed by atoms with Crippen LogP contribution in [0.5, 0.6) is 0 Å². The molecule has 0 bridgehead atoms. The molecule has 1 saturated carbocycles. The summed E-state index contributed by atoms with van der Waals surface area (Å²) in [7, 11) is 0. The number of carbonyl (C=O) groups excluding carboxylic acids is 2. The Morgan fingerprint density at radius 2 is 1.75 bits per heavy atom. The number of rotatable bonds is 6. The van der Waals surface area contributed by atoms with Crippen LogP contribution in [0.25, 0.3) is 0 Å². The summed E-state index contributed by atoms with van der Waals surface area (Å²) in [5.41, 5.74) is 0. The maximum absolute atomic E-state index is 11.6. The number of hydrogen-bond acceptors (Lipinski definition) is 3. The van der Waals surface area contributed by atoms with Gasteiger partial charge in [-0.25, -0.2) is 4.79 Å². The van der Waals surface area contributed by atoms with Crippen LogP contribution < -0.4 is 16.0 Å². The van der Waals surface area contributed by atoms with Gasteiger partial charge in [0.15, 0.2) is 0 Å². The maximum Gasteiger partial charge on any atom is 0.322 e. The van der Waals surface area contributed by atoms with Gasteiger partial charge < -0.3 is 21.1 Å². The van der Waals surface area contributed by atoms with Crippen molar-refractivity contribution in [3.63, 3.8) is 0 Å². The molecule has 114 valence electrons. The van der Waals surface area contributed by atoms with Crippen molar-refractivity contribution >= 4 is 17.9 Å². The molecular weight excluding hydrogens is 262 g/mol. The zero-order valence-electron chi connectivity index (χ0n) is 11.8. The second-order valence-corrected chi connectivity index (χ2v) is 5.18. The van der Waals surface area contributed by atoms with Crippen LogP contribution >= 0.6 is 0 Å². The molecule has 1 aliphatic rings. The Labute approximate surface area is 118 Å². The molecule has 1 rings (SSSR count). The Balaban J connectivity index is 2.18. The molecule has 7 nitrogen and oxygen atoms in total. The van der Waals surface area contributed by atoms with Crippen LogP contribution in [0.3, 0.4) is 0 Å². The molecule has 0 aromatic carbocycles. The fourth-order valence-corrected chi connectivity index (χ4v) is 2.41. The van der Waals surface area contributed by atoms with Crippen molar-refractivity contribution < 1.29 is 19.5 Å². The number of aliphatic carboxylic acids is 1. The van der Waals surface area contributed by atoms with E-state index in [9.17, 15) is 14.4 Å². The lowest BCUT2D eigenvalue weighted by atomic mass is 9.85. The molecule has 0 aliphatic heterocycles. The highest BCUT2D eigenvalue weighted by atomic mass is 16.4. The predicted molar refractivity (Wildman–Crippen MR) is 73.2 cm³/mol. The van der Waals surface area contributed by atoms with Crippen molar-refractivity contribution in [1.29, 1.82) is 0 Å². The van der Waals surface area contributed by atoms with Crippen LogP contribution in [0.2, 0.25) is 0 Å². The van der Waals surface area contributed by atoms with Gasteiger partial charge in [0.05, 0.1) is 6.54 Å². The Morgan fingerprint density at radius 1 is 1.10 bits per heavy atom. The average molecular weight is 285 g/mol. The molecule has 0 saturated heterocycles. The minimum atomic E-state index is -1.12. The van der Waals surface area contributed by atoms with E-state index in [4.69, 9.17) is 5.11 Å². The molecule has 4 N–H and O–H groups in total. The highest BCUT2D eigenvalue weighted by Gasteiger charge is 2.21. The fourth-order valence-electron chi connectivity index (χ4n) is 2.41. The predicted octanol–water partition coefficient (Wildman–Crippen LogP) is 0.455. The van der Waals surface area contributed by atoms with Crippen molar-refractivity contribution in [2.45, 2.75) is 45.1 Å². The van der Waals surface area contributed by atoms with Gasteiger partial charge in [0.25, 0.3) is 0 Å². The summed E-state index contributed by atoms with van der Waals surface area (Å²) in [6, 6.07) is -0.314. The molecule has 0 spiro atoms. The van der Waals surface area contributed by atoms with E-state index in [1.165, 1.54) is 19.3 Å². The van der Waals surface area contributed by atoms with Gasteiger partial charge in [-0.2, -0.15) is 0 Å². The largest absolute Gasteiger partial charge is 0.480 e. The zero-order chi connectivity index (χ0) is 15.0. The Kier molecular flexibility index (Phi) is 6.83. The van der Waals surface area contributed by atoms with Crippen molar-refractivity contribution in [2.75, 3.05) is 13.1 Å². The van der Waals surface area contributed by atoms with E-state index >= 15 is 0 Å². The van der Waals surface area contributed by atoms with Crippen molar-refractivity contribution in [3.8, 4) is 0 Å². The van der Waals surface area contributed by atoms with E-state index in [0.29, 0.717) is 5.92 Å². The molecule has 0 aromatic rings. The first-order chi connectivity index (χ1) is 9.49. The van der Waals surface area contributed by atoms with Gasteiger partial charge in [-0.05, 0) is 25.7 Å². The van der Waals surface area contributed by atoms with E-state index in [1.54, 1.807) is 0 Å². The SMILES string of the molecule is CC(NC(=O)NCC(=O)NCC(=O)O)C1CCCCC1. The first-order valence-corrected chi connectivity index (χ1v) is 7.02. The molecule has 3 amide bonds. The number of hydrogen-bond donors (Lipinski definition) is 4. The van der Waals surface area contributed by atoms with Crippen LogP contribution in [0, 0.1) is 5.92 Å². The molecule has 0 aromatic heterocycles. The van der Waals surface area contributed by atoms with Crippen molar-refractivity contribution in [1.82, 2.24) is 16.0 Å². The minimum absolute atomic E-state index is 0.0809. The number of carbonyl (C=O) groups is 3. The van der Waals surface area contributed by atoms with Crippen molar-refractivity contribution in [2.24, 2.45) is 5.92 Å². The van der Waals surface area contributed by atoms with Gasteiger partial charge in [-0.1, -0.05) is 19.3 Å². The molecule has 0 heterocycles. The first kappa shape index (κ1) is 16.3. The maximum atomic E-state index is 11.6. The second kappa shape index (κ2) is 8.39. The molecule has 0 radical (unpaired) electrons. The number of carboxylic acids is 1. The zero-order valence-corrected chi connectivity index (χ0v) is 11.8. The van der Waals surface area contributed by atoms with Gasteiger partial charge in [-0.15, -0.1) is 0 Å². The summed E-state index contributed by atoms with van der Waals surface area (Å²) >= 11 is 0. The summed E-state index contributed by atoms with van der Waals surface area (Å²) in [5, 5.41) is 15.8. The van der Waals surface area contributed by atoms with Gasteiger partial charge in [0.1, 0.15) is 6.54 Å². The fraction of sp³-hybridized carbons (Fsp3) is 0.769. The van der Waals surface area contributed by atoms with Crippen LogP contribution in [0.1, 0.15) is 39.0 Å². The number of carboxylic acid groups (broad SMARTS) is 1. The summed E-state index contributed by atoms with van der Waals surface area (Å²) in [4.78, 5) is 33.1. The third kappa shape index (κ3) is 6.40. The molecular formula is C13H23N3O4. The first-order valence-electron chi connectivity index (χ1n) is 7.02. The van der Waals surface area contributed by atoms with Crippen LogP contribution in [-0.2, 0) is 9.59 Å². The molecule has 1 aliphatic carbocycles. The standard InChI is InChI=1S/C13H23N3O4/c1-9(10-5-3-2-4-6-10)16-13(20)15-7-11(17)14-8-12(18)19/h9-10H,2-8H2,1H3,(H,14,17)(H,18,19)(H2,15,16,20). The Bertz CT molecular complexity index is 354. The van der Waals surface area contributed by atoms with Gasteiger partial charge in [0, 0.05) is 6.04 Å². The summed E-state index contributed by atoms with van der Waals surface area (Å²) in [5.74, 6) is -1.14. The van der Waals surface area contributed by atoms with Crippen LogP contribution in [-0.4, -0.2) is 42.1 Å². The topological polar surface area (TPSA) is 108 Å². The Morgan fingerprint density at radius 3 is 2.35 bits per heavy atom. The lowest BCUT2D eigenvalue weighted by Gasteiger charge is -2.28. The lowest BCUT2D eigenvalue weighted by molar-refractivity contribution is -0.137. The van der Waals surface area contributed by atoms with E-state index < -0.39 is 24.5 Å². The highest BCUT2D eigenvalue weighted by molar-refractivity contribution is 5.86. The highest BCUT2D eigenvalue weighted by Crippen LogP contribution is 2.26. The third-order valence-corrected chi connectivity index (χ3v) is 3.56. The monoisotopic (exact) mass is 285 g/mol.